The molecule has 0 aromatic carbocycles. The second-order valence-corrected chi connectivity index (χ2v) is 6.69. The number of hydrogen-bond acceptors (Lipinski definition) is 9. The smallest absolute Gasteiger partial charge is 0.407 e. The van der Waals surface area contributed by atoms with E-state index in [0.29, 0.717) is 0 Å². The lowest BCUT2D eigenvalue weighted by atomic mass is 10.3. The molecule has 3 amide bonds. The zero-order valence-electron chi connectivity index (χ0n) is 19.1. The lowest BCUT2D eigenvalue weighted by molar-refractivity contribution is -0.139. The van der Waals surface area contributed by atoms with E-state index < -0.39 is 36.1 Å². The van der Waals surface area contributed by atoms with Crippen LogP contribution in [0.3, 0.4) is 0 Å². The molecule has 0 atom stereocenters. The zero-order valence-corrected chi connectivity index (χ0v) is 19.1. The Morgan fingerprint density at radius 1 is 0.818 bits per heavy atom. The van der Waals surface area contributed by atoms with E-state index in [1.165, 1.54) is 25.8 Å². The molecule has 12 nitrogen and oxygen atoms in total. The van der Waals surface area contributed by atoms with Crippen LogP contribution >= 0.6 is 0 Å². The van der Waals surface area contributed by atoms with Gasteiger partial charge in [-0.15, -0.1) is 0 Å². The molecule has 0 unspecified atom stereocenters. The Kier molecular flexibility index (Phi) is 14.1. The molecule has 0 aliphatic carbocycles. The standard InChI is InChI=1S/C21H31N3O9/c1-7-17(25)24(6)16(12-32-20(28)22-8-10-30-18(26)14(2)3)13-33-21(29)23-9-11-31-19(27)15(4)5/h7,16H,1-2,4,8-13H2,3,5-6H3,(H,22,28)(H,23,29). The number of nitrogens with zero attached hydrogens (tertiary/aromatic N) is 1. The Hall–Kier alpha value is -3.83. The summed E-state index contributed by atoms with van der Waals surface area (Å²) in [6.45, 7) is 12.5. The second kappa shape index (κ2) is 15.9. The molecule has 0 aromatic rings. The molecule has 0 bridgehead atoms. The van der Waals surface area contributed by atoms with Crippen molar-refractivity contribution in [1.29, 1.82) is 0 Å². The fraction of sp³-hybridized carbons (Fsp3) is 0.476. The Balaban J connectivity index is 4.49. The minimum absolute atomic E-state index is 0.00118. The van der Waals surface area contributed by atoms with Crippen molar-refractivity contribution in [1.82, 2.24) is 15.5 Å². The third-order valence-electron chi connectivity index (χ3n) is 3.79. The van der Waals surface area contributed by atoms with Crippen LogP contribution in [0, 0.1) is 0 Å². The van der Waals surface area contributed by atoms with Crippen LogP contribution in [0.25, 0.3) is 0 Å². The van der Waals surface area contributed by atoms with E-state index in [9.17, 15) is 24.0 Å². The molecule has 184 valence electrons. The summed E-state index contributed by atoms with van der Waals surface area (Å²) in [5.74, 6) is -1.65. The molecule has 0 rings (SSSR count). The molecular formula is C21H31N3O9. The summed E-state index contributed by atoms with van der Waals surface area (Å²) in [4.78, 5) is 59.2. The minimum Gasteiger partial charge on any atom is -0.460 e. The van der Waals surface area contributed by atoms with Crippen LogP contribution in [0.5, 0.6) is 0 Å². The van der Waals surface area contributed by atoms with E-state index >= 15 is 0 Å². The molecule has 0 aliphatic rings. The van der Waals surface area contributed by atoms with Crippen LogP contribution in [0.2, 0.25) is 0 Å². The highest BCUT2D eigenvalue weighted by Gasteiger charge is 2.22. The summed E-state index contributed by atoms with van der Waals surface area (Å²) in [6, 6.07) is -0.811. The predicted molar refractivity (Wildman–Crippen MR) is 117 cm³/mol. The molecule has 0 spiro atoms. The first kappa shape index (κ1) is 29.2. The summed E-state index contributed by atoms with van der Waals surface area (Å²) >= 11 is 0. The number of nitrogens with one attached hydrogen (secondary N) is 2. The maximum absolute atomic E-state index is 11.9. The number of amides is 3. The van der Waals surface area contributed by atoms with Gasteiger partial charge in [-0.25, -0.2) is 19.2 Å². The van der Waals surface area contributed by atoms with E-state index in [1.54, 1.807) is 0 Å². The first-order chi connectivity index (χ1) is 15.5. The lowest BCUT2D eigenvalue weighted by Crippen LogP contribution is -2.45. The van der Waals surface area contributed by atoms with E-state index in [-0.39, 0.29) is 50.7 Å². The number of esters is 2. The number of hydrogen-bond donors (Lipinski definition) is 2. The monoisotopic (exact) mass is 469 g/mol. The first-order valence-electron chi connectivity index (χ1n) is 9.85. The fourth-order valence-corrected chi connectivity index (χ4v) is 1.88. The highest BCUT2D eigenvalue weighted by molar-refractivity contribution is 5.87. The summed E-state index contributed by atoms with van der Waals surface area (Å²) in [7, 11) is 1.42. The summed E-state index contributed by atoms with van der Waals surface area (Å²) in [6.07, 6.45) is -0.594. The normalized spacial score (nSPS) is 9.82. The molecule has 2 N–H and O–H groups in total. The highest BCUT2D eigenvalue weighted by atomic mass is 16.6. The molecule has 0 heterocycles. The van der Waals surface area contributed by atoms with Crippen molar-refractivity contribution >= 4 is 30.0 Å². The Morgan fingerprint density at radius 3 is 1.55 bits per heavy atom. The average Bonchev–Trinajstić information content (AvgIpc) is 2.77. The molecule has 0 saturated heterocycles. The highest BCUT2D eigenvalue weighted by Crippen LogP contribution is 2.02. The number of likely N-dealkylation sites (N-methyl/N-ethyl adjacent to an activating group) is 1. The summed E-state index contributed by atoms with van der Waals surface area (Å²) in [5, 5.41) is 4.74. The van der Waals surface area contributed by atoms with Crippen LogP contribution in [-0.2, 0) is 33.3 Å². The number of carbonyl (C=O) groups is 5. The van der Waals surface area contributed by atoms with Gasteiger partial charge in [0, 0.05) is 18.2 Å². The van der Waals surface area contributed by atoms with Crippen molar-refractivity contribution in [3.63, 3.8) is 0 Å². The average molecular weight is 469 g/mol. The van der Waals surface area contributed by atoms with Crippen molar-refractivity contribution in [3.05, 3.63) is 37.0 Å². The topological polar surface area (TPSA) is 150 Å². The molecule has 0 saturated carbocycles. The van der Waals surface area contributed by atoms with E-state index in [2.05, 4.69) is 30.4 Å². The first-order valence-corrected chi connectivity index (χ1v) is 9.85. The molecule has 0 radical (unpaired) electrons. The van der Waals surface area contributed by atoms with Gasteiger partial charge in [0.25, 0.3) is 0 Å². The van der Waals surface area contributed by atoms with Gasteiger partial charge >= 0.3 is 24.1 Å². The van der Waals surface area contributed by atoms with Crippen LogP contribution in [0.4, 0.5) is 9.59 Å². The van der Waals surface area contributed by atoms with Crippen LogP contribution < -0.4 is 10.6 Å². The zero-order chi connectivity index (χ0) is 25.4. The number of alkyl carbamates (subject to hydrolysis) is 2. The van der Waals surface area contributed by atoms with Crippen molar-refractivity contribution in [2.75, 3.05) is 46.6 Å². The molecule has 0 aliphatic heterocycles. The van der Waals surface area contributed by atoms with Crippen LogP contribution in [0.1, 0.15) is 13.8 Å². The lowest BCUT2D eigenvalue weighted by Gasteiger charge is -2.26. The van der Waals surface area contributed by atoms with Crippen LogP contribution in [0.15, 0.2) is 37.0 Å². The van der Waals surface area contributed by atoms with Gasteiger partial charge in [0.2, 0.25) is 5.91 Å². The van der Waals surface area contributed by atoms with Gasteiger partial charge in [0.1, 0.15) is 32.5 Å². The SMILES string of the molecule is C=CC(=O)N(C)C(COC(=O)NCCOC(=O)C(=C)C)COC(=O)NCCOC(=O)C(=C)C. The van der Waals surface area contributed by atoms with Crippen molar-refractivity contribution < 1.29 is 42.9 Å². The van der Waals surface area contributed by atoms with Crippen molar-refractivity contribution in [2.45, 2.75) is 19.9 Å². The van der Waals surface area contributed by atoms with Gasteiger partial charge in [-0.1, -0.05) is 19.7 Å². The quantitative estimate of drug-likeness (QED) is 0.162. The predicted octanol–water partition coefficient (Wildman–Crippen LogP) is 0.690. The van der Waals surface area contributed by atoms with Gasteiger partial charge in [-0.2, -0.15) is 0 Å². The third-order valence-corrected chi connectivity index (χ3v) is 3.79. The maximum Gasteiger partial charge on any atom is 0.407 e. The molecular weight excluding hydrogens is 438 g/mol. The van der Waals surface area contributed by atoms with E-state index in [1.807, 2.05) is 0 Å². The second-order valence-electron chi connectivity index (χ2n) is 6.69. The molecule has 0 fully saturated rings. The van der Waals surface area contributed by atoms with Gasteiger partial charge in [0.05, 0.1) is 13.1 Å². The van der Waals surface area contributed by atoms with E-state index in [0.717, 1.165) is 6.08 Å². The van der Waals surface area contributed by atoms with Gasteiger partial charge in [0.15, 0.2) is 0 Å². The maximum atomic E-state index is 11.9. The summed E-state index contributed by atoms with van der Waals surface area (Å²) < 4.78 is 19.7. The summed E-state index contributed by atoms with van der Waals surface area (Å²) in [5.41, 5.74) is 0.458. The number of ether oxygens (including phenoxy) is 4. The Bertz CT molecular complexity index is 714. The van der Waals surface area contributed by atoms with Gasteiger partial charge in [-0.05, 0) is 19.9 Å². The van der Waals surface area contributed by atoms with Crippen LogP contribution in [-0.4, -0.2) is 87.5 Å². The van der Waals surface area contributed by atoms with E-state index in [4.69, 9.17) is 18.9 Å². The van der Waals surface area contributed by atoms with Gasteiger partial charge < -0.3 is 34.5 Å². The molecule has 0 aromatic heterocycles. The minimum atomic E-state index is -0.824. The Morgan fingerprint density at radius 2 is 1.21 bits per heavy atom. The Labute approximate surface area is 192 Å². The largest absolute Gasteiger partial charge is 0.460 e. The fourth-order valence-electron chi connectivity index (χ4n) is 1.88. The number of rotatable bonds is 14. The third kappa shape index (κ3) is 13.2. The molecule has 12 heteroatoms. The molecule has 33 heavy (non-hydrogen) atoms. The number of carbonyl (C=O) groups excluding carboxylic acids is 5. The van der Waals surface area contributed by atoms with Gasteiger partial charge in [-0.3, -0.25) is 4.79 Å². The van der Waals surface area contributed by atoms with Crippen molar-refractivity contribution in [2.24, 2.45) is 0 Å². The van der Waals surface area contributed by atoms with Crippen molar-refractivity contribution in [3.8, 4) is 0 Å².